The average Bonchev–Trinajstić information content (AvgIpc) is 3.87. The minimum Gasteiger partial charge on any atom is -0.454 e. The molecule has 0 saturated heterocycles. The molecule has 0 spiro atoms. The van der Waals surface area contributed by atoms with Gasteiger partial charge in [0.05, 0.1) is 16.7 Å². The molecular weight excluding hydrogens is 645 g/mol. The molecule has 0 bridgehead atoms. The van der Waals surface area contributed by atoms with Gasteiger partial charge in [0, 0.05) is 58.4 Å². The second-order valence-electron chi connectivity index (χ2n) is 12.8. The number of thiophene rings is 1. The molecule has 51 heavy (non-hydrogen) atoms. The zero-order valence-corrected chi connectivity index (χ0v) is 27.9. The van der Waals surface area contributed by atoms with E-state index in [0.717, 1.165) is 55.3 Å². The smallest absolute Gasteiger partial charge is 0.165 e. The quantitative estimate of drug-likeness (QED) is 0.187. The molecule has 0 atom stereocenters. The summed E-state index contributed by atoms with van der Waals surface area (Å²) in [5, 5.41) is 6.94. The van der Waals surface area contributed by atoms with Gasteiger partial charge < -0.3 is 8.98 Å². The Morgan fingerprint density at radius 2 is 1.08 bits per heavy atom. The van der Waals surface area contributed by atoms with E-state index in [-0.39, 0.29) is 0 Å². The standard InChI is InChI=1S/C45H26N4OS/c1-2-12-27(13-3-1)43-46-44(48-45(47-43)34-19-10-18-33-31-16-6-9-23-40(31)51-42(33)34)28-24-25-39-35(26-28)32-17-11-22-38(41(32)50-39)49-36-20-7-4-14-29(36)30-15-5-8-21-37(30)49/h1-26H. The first kappa shape index (κ1) is 28.2. The van der Waals surface area contributed by atoms with Gasteiger partial charge in [0.25, 0.3) is 0 Å². The van der Waals surface area contributed by atoms with Crippen molar-refractivity contribution < 1.29 is 4.42 Å². The van der Waals surface area contributed by atoms with Gasteiger partial charge >= 0.3 is 0 Å². The Bertz CT molecular complexity index is 3100. The van der Waals surface area contributed by atoms with E-state index in [1.807, 2.05) is 36.4 Å². The summed E-state index contributed by atoms with van der Waals surface area (Å²) in [6.07, 6.45) is 0. The second kappa shape index (κ2) is 10.9. The fourth-order valence-corrected chi connectivity index (χ4v) is 8.76. The van der Waals surface area contributed by atoms with Crippen molar-refractivity contribution in [3.05, 3.63) is 158 Å². The fraction of sp³-hybridized carbons (Fsp3) is 0. The summed E-state index contributed by atoms with van der Waals surface area (Å²) in [7, 11) is 0. The van der Waals surface area contributed by atoms with E-state index < -0.39 is 0 Å². The molecule has 0 unspecified atom stereocenters. The third-order valence-electron chi connectivity index (χ3n) is 9.87. The Hall–Kier alpha value is -6.63. The monoisotopic (exact) mass is 670 g/mol. The Morgan fingerprint density at radius 1 is 0.451 bits per heavy atom. The van der Waals surface area contributed by atoms with Gasteiger partial charge in [0.1, 0.15) is 5.58 Å². The van der Waals surface area contributed by atoms with Crippen LogP contribution in [0.2, 0.25) is 0 Å². The molecule has 0 aliphatic rings. The number of aromatic nitrogens is 4. The lowest BCUT2D eigenvalue weighted by Crippen LogP contribution is -2.00. The van der Waals surface area contributed by atoms with Gasteiger partial charge in [-0.25, -0.2) is 15.0 Å². The maximum Gasteiger partial charge on any atom is 0.165 e. The normalized spacial score (nSPS) is 11.9. The molecule has 7 aromatic carbocycles. The van der Waals surface area contributed by atoms with Crippen LogP contribution >= 0.6 is 11.3 Å². The Labute approximate surface area is 295 Å². The van der Waals surface area contributed by atoms with Crippen LogP contribution in [0.25, 0.3) is 104 Å². The van der Waals surface area contributed by atoms with Crippen LogP contribution in [0.15, 0.2) is 162 Å². The lowest BCUT2D eigenvalue weighted by molar-refractivity contribution is 0.666. The minimum atomic E-state index is 0.617. The van der Waals surface area contributed by atoms with E-state index in [4.69, 9.17) is 19.4 Å². The summed E-state index contributed by atoms with van der Waals surface area (Å²) in [5.41, 5.74) is 7.80. The molecule has 6 heteroatoms. The van der Waals surface area contributed by atoms with Gasteiger partial charge in [0.15, 0.2) is 23.1 Å². The summed E-state index contributed by atoms with van der Waals surface area (Å²) in [5.74, 6) is 1.91. The van der Waals surface area contributed by atoms with E-state index in [2.05, 4.69) is 126 Å². The summed E-state index contributed by atoms with van der Waals surface area (Å²) in [6.45, 7) is 0. The van der Waals surface area contributed by atoms with Crippen LogP contribution in [0.1, 0.15) is 0 Å². The predicted molar refractivity (Wildman–Crippen MR) is 211 cm³/mol. The van der Waals surface area contributed by atoms with Crippen LogP contribution in [0, 0.1) is 0 Å². The Morgan fingerprint density at radius 3 is 1.88 bits per heavy atom. The van der Waals surface area contributed by atoms with Gasteiger partial charge in [0.2, 0.25) is 0 Å². The molecule has 0 amide bonds. The SMILES string of the molecule is c1ccc(-c2nc(-c3ccc4oc5c(-n6c7ccccc7c7ccccc76)cccc5c4c3)nc(-c3cccc4c3sc3ccccc34)n2)cc1. The van der Waals surface area contributed by atoms with E-state index >= 15 is 0 Å². The largest absolute Gasteiger partial charge is 0.454 e. The van der Waals surface area contributed by atoms with Crippen molar-refractivity contribution in [1.82, 2.24) is 19.5 Å². The molecule has 0 radical (unpaired) electrons. The average molecular weight is 671 g/mol. The highest BCUT2D eigenvalue weighted by Gasteiger charge is 2.20. The molecule has 0 N–H and O–H groups in total. The minimum absolute atomic E-state index is 0.617. The summed E-state index contributed by atoms with van der Waals surface area (Å²) < 4.78 is 11.4. The van der Waals surface area contributed by atoms with Gasteiger partial charge in [-0.2, -0.15) is 0 Å². The van der Waals surface area contributed by atoms with Crippen molar-refractivity contribution in [2.75, 3.05) is 0 Å². The molecule has 0 aliphatic heterocycles. The highest BCUT2D eigenvalue weighted by Crippen LogP contribution is 2.41. The molecule has 5 nitrogen and oxygen atoms in total. The molecule has 0 fully saturated rings. The van der Waals surface area contributed by atoms with Crippen LogP contribution in [0.4, 0.5) is 0 Å². The van der Waals surface area contributed by atoms with E-state index in [1.54, 1.807) is 11.3 Å². The van der Waals surface area contributed by atoms with Crippen molar-refractivity contribution in [3.63, 3.8) is 0 Å². The molecule has 11 rings (SSSR count). The van der Waals surface area contributed by atoms with Crippen LogP contribution in [0.3, 0.4) is 0 Å². The number of hydrogen-bond acceptors (Lipinski definition) is 5. The lowest BCUT2D eigenvalue weighted by Gasteiger charge is -2.09. The first-order chi connectivity index (χ1) is 25.3. The van der Waals surface area contributed by atoms with Crippen LogP contribution in [0.5, 0.6) is 0 Å². The summed E-state index contributed by atoms with van der Waals surface area (Å²) >= 11 is 1.78. The van der Waals surface area contributed by atoms with Gasteiger partial charge in [-0.05, 0) is 48.5 Å². The van der Waals surface area contributed by atoms with Gasteiger partial charge in [-0.3, -0.25) is 0 Å². The van der Waals surface area contributed by atoms with Crippen LogP contribution in [-0.2, 0) is 0 Å². The molecule has 11 aromatic rings. The Kier molecular flexibility index (Phi) is 6.05. The van der Waals surface area contributed by atoms with Crippen molar-refractivity contribution in [2.45, 2.75) is 0 Å². The van der Waals surface area contributed by atoms with Crippen molar-refractivity contribution in [1.29, 1.82) is 0 Å². The third-order valence-corrected chi connectivity index (χ3v) is 11.1. The zero-order valence-electron chi connectivity index (χ0n) is 27.1. The molecule has 4 aromatic heterocycles. The highest BCUT2D eigenvalue weighted by atomic mass is 32.1. The maximum atomic E-state index is 6.69. The highest BCUT2D eigenvalue weighted by molar-refractivity contribution is 7.26. The van der Waals surface area contributed by atoms with E-state index in [9.17, 15) is 0 Å². The molecule has 4 heterocycles. The summed E-state index contributed by atoms with van der Waals surface area (Å²) in [6, 6.07) is 54.8. The van der Waals surface area contributed by atoms with Crippen molar-refractivity contribution in [3.8, 4) is 39.9 Å². The van der Waals surface area contributed by atoms with Crippen molar-refractivity contribution in [2.24, 2.45) is 0 Å². The first-order valence-corrected chi connectivity index (χ1v) is 17.8. The molecule has 238 valence electrons. The van der Waals surface area contributed by atoms with E-state index in [1.165, 1.54) is 30.9 Å². The van der Waals surface area contributed by atoms with E-state index in [0.29, 0.717) is 17.5 Å². The Balaban J connectivity index is 1.12. The lowest BCUT2D eigenvalue weighted by atomic mass is 10.1. The number of rotatable bonds is 4. The number of hydrogen-bond donors (Lipinski definition) is 0. The predicted octanol–water partition coefficient (Wildman–Crippen LogP) is 12.2. The number of benzene rings is 7. The van der Waals surface area contributed by atoms with Gasteiger partial charge in [-0.1, -0.05) is 109 Å². The topological polar surface area (TPSA) is 56.7 Å². The second-order valence-corrected chi connectivity index (χ2v) is 13.8. The first-order valence-electron chi connectivity index (χ1n) is 16.9. The van der Waals surface area contributed by atoms with Crippen LogP contribution < -0.4 is 0 Å². The molecular formula is C45H26N4OS. The van der Waals surface area contributed by atoms with Gasteiger partial charge in [-0.15, -0.1) is 11.3 Å². The molecule has 0 saturated carbocycles. The van der Waals surface area contributed by atoms with Crippen LogP contribution in [-0.4, -0.2) is 19.5 Å². The maximum absolute atomic E-state index is 6.69. The summed E-state index contributed by atoms with van der Waals surface area (Å²) in [4.78, 5) is 15.3. The number of fused-ring (bicyclic) bond motifs is 9. The number of nitrogens with zero attached hydrogens (tertiary/aromatic N) is 4. The number of para-hydroxylation sites is 3. The molecule has 0 aliphatic carbocycles. The number of furan rings is 1. The fourth-order valence-electron chi connectivity index (χ4n) is 7.55. The van der Waals surface area contributed by atoms with Crippen molar-refractivity contribution >= 4 is 75.3 Å². The zero-order chi connectivity index (χ0) is 33.5. The third kappa shape index (κ3) is 4.30.